The third-order valence-electron chi connectivity index (χ3n) is 4.78. The number of pyridine rings is 1. The standard InChI is InChI=1S/C19H27N3O4/c1-20-17-13-15-14(19(23)21(17)2)5-6-16(18(15)24-3)26-10-4-7-22-8-11-25-12-9-22/h5-6,13,20H,4,7-12H2,1-3H3. The van der Waals surface area contributed by atoms with Crippen LogP contribution >= 0.6 is 0 Å². The molecule has 2 aromatic rings. The molecule has 7 nitrogen and oxygen atoms in total. The summed E-state index contributed by atoms with van der Waals surface area (Å²) in [4.78, 5) is 14.9. The number of methoxy groups -OCH3 is 1. The second-order valence-electron chi connectivity index (χ2n) is 6.36. The molecule has 142 valence electrons. The first-order valence-corrected chi connectivity index (χ1v) is 8.97. The number of ether oxygens (including phenoxy) is 3. The minimum absolute atomic E-state index is 0.0657. The Morgan fingerprint density at radius 1 is 1.23 bits per heavy atom. The van der Waals surface area contributed by atoms with E-state index in [9.17, 15) is 4.79 Å². The van der Waals surface area contributed by atoms with Crippen LogP contribution in [0.3, 0.4) is 0 Å². The van der Waals surface area contributed by atoms with Crippen LogP contribution in [0.5, 0.6) is 11.5 Å². The van der Waals surface area contributed by atoms with Crippen LogP contribution in [-0.4, -0.2) is 63.1 Å². The molecule has 1 aromatic carbocycles. The van der Waals surface area contributed by atoms with Gasteiger partial charge in [0.2, 0.25) is 0 Å². The van der Waals surface area contributed by atoms with Crippen molar-refractivity contribution in [3.05, 3.63) is 28.6 Å². The maximum Gasteiger partial charge on any atom is 0.259 e. The molecule has 1 fully saturated rings. The number of morpholine rings is 1. The van der Waals surface area contributed by atoms with Gasteiger partial charge in [0.1, 0.15) is 5.82 Å². The van der Waals surface area contributed by atoms with Gasteiger partial charge in [-0.2, -0.15) is 0 Å². The summed E-state index contributed by atoms with van der Waals surface area (Å²) < 4.78 is 18.5. The molecule has 0 spiro atoms. The van der Waals surface area contributed by atoms with Gasteiger partial charge in [0.15, 0.2) is 11.5 Å². The topological polar surface area (TPSA) is 65.0 Å². The molecule has 0 unspecified atom stereocenters. The van der Waals surface area contributed by atoms with E-state index < -0.39 is 0 Å². The molecule has 0 bridgehead atoms. The van der Waals surface area contributed by atoms with E-state index in [4.69, 9.17) is 14.2 Å². The lowest BCUT2D eigenvalue weighted by molar-refractivity contribution is 0.0357. The second-order valence-corrected chi connectivity index (χ2v) is 6.36. The Hall–Kier alpha value is -2.25. The first-order valence-electron chi connectivity index (χ1n) is 8.97. The van der Waals surface area contributed by atoms with Crippen molar-refractivity contribution < 1.29 is 14.2 Å². The maximum absolute atomic E-state index is 12.5. The zero-order valence-electron chi connectivity index (χ0n) is 15.7. The summed E-state index contributed by atoms with van der Waals surface area (Å²) in [7, 11) is 5.14. The van der Waals surface area contributed by atoms with E-state index in [1.807, 2.05) is 12.1 Å². The van der Waals surface area contributed by atoms with Crippen molar-refractivity contribution >= 4 is 16.6 Å². The normalized spacial score (nSPS) is 15.2. The third-order valence-corrected chi connectivity index (χ3v) is 4.78. The Bertz CT molecular complexity index is 813. The predicted octanol–water partition coefficient (Wildman–Crippen LogP) is 1.69. The molecule has 1 aliphatic heterocycles. The number of anilines is 1. The number of hydrogen-bond acceptors (Lipinski definition) is 6. The molecular formula is C19H27N3O4. The van der Waals surface area contributed by atoms with Crippen LogP contribution in [0.2, 0.25) is 0 Å². The molecule has 1 saturated heterocycles. The molecular weight excluding hydrogens is 334 g/mol. The average Bonchev–Trinajstić information content (AvgIpc) is 2.68. The zero-order valence-corrected chi connectivity index (χ0v) is 15.7. The van der Waals surface area contributed by atoms with Crippen molar-refractivity contribution in [2.75, 3.05) is 58.9 Å². The molecule has 2 heterocycles. The van der Waals surface area contributed by atoms with Gasteiger partial charge >= 0.3 is 0 Å². The first kappa shape index (κ1) is 18.5. The van der Waals surface area contributed by atoms with Gasteiger partial charge in [0, 0.05) is 39.1 Å². The number of benzene rings is 1. The SMILES string of the molecule is CNc1cc2c(OC)c(OCCCN3CCOCC3)ccc2c(=O)n1C. The number of fused-ring (bicyclic) bond motifs is 1. The van der Waals surface area contributed by atoms with E-state index in [1.165, 1.54) is 0 Å². The van der Waals surface area contributed by atoms with Gasteiger partial charge in [-0.3, -0.25) is 14.3 Å². The summed E-state index contributed by atoms with van der Waals surface area (Å²) >= 11 is 0. The van der Waals surface area contributed by atoms with Crippen LogP contribution in [0.15, 0.2) is 23.0 Å². The van der Waals surface area contributed by atoms with Crippen molar-refractivity contribution in [1.82, 2.24) is 9.47 Å². The predicted molar refractivity (Wildman–Crippen MR) is 103 cm³/mol. The summed E-state index contributed by atoms with van der Waals surface area (Å²) in [5.41, 5.74) is -0.0657. The molecule has 7 heteroatoms. The van der Waals surface area contributed by atoms with Crippen molar-refractivity contribution in [3.8, 4) is 11.5 Å². The fraction of sp³-hybridized carbons (Fsp3) is 0.526. The Morgan fingerprint density at radius 2 is 2.00 bits per heavy atom. The highest BCUT2D eigenvalue weighted by atomic mass is 16.5. The van der Waals surface area contributed by atoms with Crippen LogP contribution in [0, 0.1) is 0 Å². The lowest BCUT2D eigenvalue weighted by Gasteiger charge is -2.26. The number of aromatic nitrogens is 1. The van der Waals surface area contributed by atoms with E-state index in [2.05, 4.69) is 10.2 Å². The van der Waals surface area contributed by atoms with Gasteiger partial charge in [-0.1, -0.05) is 0 Å². The highest BCUT2D eigenvalue weighted by Crippen LogP contribution is 2.35. The third kappa shape index (κ3) is 3.78. The minimum Gasteiger partial charge on any atom is -0.492 e. The molecule has 0 amide bonds. The largest absolute Gasteiger partial charge is 0.492 e. The summed E-state index contributed by atoms with van der Waals surface area (Å²) in [6.45, 7) is 5.17. The van der Waals surface area contributed by atoms with Crippen LogP contribution < -0.4 is 20.3 Å². The van der Waals surface area contributed by atoms with Gasteiger partial charge in [-0.15, -0.1) is 0 Å². The van der Waals surface area contributed by atoms with Crippen LogP contribution in [0.25, 0.3) is 10.8 Å². The van der Waals surface area contributed by atoms with Crippen molar-refractivity contribution in [2.24, 2.45) is 7.05 Å². The van der Waals surface area contributed by atoms with Gasteiger partial charge in [-0.25, -0.2) is 0 Å². The molecule has 0 radical (unpaired) electrons. The van der Waals surface area contributed by atoms with E-state index in [1.54, 1.807) is 31.8 Å². The number of hydrogen-bond donors (Lipinski definition) is 1. The quantitative estimate of drug-likeness (QED) is 0.757. The van der Waals surface area contributed by atoms with E-state index in [0.717, 1.165) is 50.5 Å². The highest BCUT2D eigenvalue weighted by Gasteiger charge is 2.15. The Balaban J connectivity index is 1.75. The summed E-state index contributed by atoms with van der Waals surface area (Å²) in [5, 5.41) is 4.41. The van der Waals surface area contributed by atoms with Gasteiger partial charge < -0.3 is 19.5 Å². The van der Waals surface area contributed by atoms with Crippen molar-refractivity contribution in [1.29, 1.82) is 0 Å². The summed E-state index contributed by atoms with van der Waals surface area (Å²) in [5.74, 6) is 1.99. The maximum atomic E-state index is 12.5. The van der Waals surface area contributed by atoms with Gasteiger partial charge in [-0.05, 0) is 24.6 Å². The van der Waals surface area contributed by atoms with Crippen LogP contribution in [0.1, 0.15) is 6.42 Å². The molecule has 0 aliphatic carbocycles. The number of nitrogens with one attached hydrogen (secondary N) is 1. The first-order chi connectivity index (χ1) is 12.7. The fourth-order valence-corrected chi connectivity index (χ4v) is 3.29. The van der Waals surface area contributed by atoms with Gasteiger partial charge in [0.25, 0.3) is 5.56 Å². The van der Waals surface area contributed by atoms with Crippen molar-refractivity contribution in [3.63, 3.8) is 0 Å². The second kappa shape index (κ2) is 8.42. The monoisotopic (exact) mass is 361 g/mol. The lowest BCUT2D eigenvalue weighted by Crippen LogP contribution is -2.37. The highest BCUT2D eigenvalue weighted by molar-refractivity contribution is 5.92. The average molecular weight is 361 g/mol. The van der Waals surface area contributed by atoms with Crippen LogP contribution in [0.4, 0.5) is 5.82 Å². The van der Waals surface area contributed by atoms with Crippen LogP contribution in [-0.2, 0) is 11.8 Å². The lowest BCUT2D eigenvalue weighted by atomic mass is 10.1. The Labute approximate surface area is 153 Å². The molecule has 1 aliphatic rings. The number of nitrogens with zero attached hydrogens (tertiary/aromatic N) is 2. The van der Waals surface area contributed by atoms with Gasteiger partial charge in [0.05, 0.1) is 32.3 Å². The summed E-state index contributed by atoms with van der Waals surface area (Å²) in [6.07, 6.45) is 0.930. The smallest absolute Gasteiger partial charge is 0.259 e. The Morgan fingerprint density at radius 3 is 2.69 bits per heavy atom. The fourth-order valence-electron chi connectivity index (χ4n) is 3.29. The Kier molecular flexibility index (Phi) is 6.00. The molecule has 1 aromatic heterocycles. The van der Waals surface area contributed by atoms with E-state index in [-0.39, 0.29) is 5.56 Å². The molecule has 1 N–H and O–H groups in total. The molecule has 0 atom stereocenters. The minimum atomic E-state index is -0.0657. The molecule has 26 heavy (non-hydrogen) atoms. The van der Waals surface area contributed by atoms with E-state index in [0.29, 0.717) is 23.5 Å². The number of rotatable bonds is 7. The van der Waals surface area contributed by atoms with Crippen molar-refractivity contribution in [2.45, 2.75) is 6.42 Å². The molecule has 3 rings (SSSR count). The zero-order chi connectivity index (χ0) is 18.5. The van der Waals surface area contributed by atoms with E-state index >= 15 is 0 Å². The summed E-state index contributed by atoms with van der Waals surface area (Å²) in [6, 6.07) is 5.53. The molecule has 0 saturated carbocycles.